The van der Waals surface area contributed by atoms with Gasteiger partial charge in [-0.1, -0.05) is 30.7 Å². The van der Waals surface area contributed by atoms with Gasteiger partial charge in [-0.15, -0.1) is 0 Å². The molecule has 1 atom stereocenters. The summed E-state index contributed by atoms with van der Waals surface area (Å²) < 4.78 is 0. The number of hydrogen-bond donors (Lipinski definition) is 2. The van der Waals surface area contributed by atoms with Gasteiger partial charge >= 0.3 is 0 Å². The van der Waals surface area contributed by atoms with Gasteiger partial charge in [-0.05, 0) is 37.0 Å². The van der Waals surface area contributed by atoms with Gasteiger partial charge in [-0.2, -0.15) is 5.10 Å². The van der Waals surface area contributed by atoms with E-state index in [1.807, 2.05) is 0 Å². The van der Waals surface area contributed by atoms with Gasteiger partial charge in [0.1, 0.15) is 12.2 Å². The van der Waals surface area contributed by atoms with Crippen molar-refractivity contribution in [2.24, 2.45) is 0 Å². The van der Waals surface area contributed by atoms with E-state index in [1.165, 1.54) is 6.33 Å². The average Bonchev–Trinajstić information content (AvgIpc) is 3.15. The molecule has 0 aliphatic carbocycles. The minimum absolute atomic E-state index is 0.261. The van der Waals surface area contributed by atoms with Crippen molar-refractivity contribution in [3.05, 3.63) is 47.0 Å². The van der Waals surface area contributed by atoms with E-state index in [0.29, 0.717) is 30.1 Å². The van der Waals surface area contributed by atoms with Gasteiger partial charge in [-0.25, -0.2) is 4.98 Å². The molecule has 1 aliphatic heterocycles. The molecule has 1 fully saturated rings. The van der Waals surface area contributed by atoms with Crippen LogP contribution in [0.15, 0.2) is 30.6 Å². The van der Waals surface area contributed by atoms with Crippen molar-refractivity contribution >= 4 is 17.5 Å². The lowest BCUT2D eigenvalue weighted by atomic mass is 9.88. The van der Waals surface area contributed by atoms with Crippen molar-refractivity contribution in [2.75, 3.05) is 13.1 Å². The molecule has 1 saturated heterocycles. The SMILES string of the molecule is CCC(O)(C(=O)N1CCC(c2ncn[nH]2)CC1)c1cccc(Cl)c1. The van der Waals surface area contributed by atoms with Crippen LogP contribution in [0.1, 0.15) is 43.5 Å². The molecule has 0 radical (unpaired) electrons. The molecule has 3 rings (SSSR count). The summed E-state index contributed by atoms with van der Waals surface area (Å²) in [5, 5.41) is 18.3. The highest BCUT2D eigenvalue weighted by atomic mass is 35.5. The summed E-state index contributed by atoms with van der Waals surface area (Å²) in [7, 11) is 0. The Labute approximate surface area is 145 Å². The minimum atomic E-state index is -1.54. The second kappa shape index (κ2) is 6.91. The molecule has 1 aliphatic rings. The van der Waals surface area contributed by atoms with Crippen LogP contribution in [0.4, 0.5) is 0 Å². The van der Waals surface area contributed by atoms with Crippen molar-refractivity contribution in [3.63, 3.8) is 0 Å². The summed E-state index contributed by atoms with van der Waals surface area (Å²) in [6.07, 6.45) is 3.41. The number of aromatic nitrogens is 3. The number of aliphatic hydroxyl groups is 1. The van der Waals surface area contributed by atoms with E-state index in [9.17, 15) is 9.90 Å². The monoisotopic (exact) mass is 348 g/mol. The van der Waals surface area contributed by atoms with Crippen LogP contribution in [-0.4, -0.2) is 44.2 Å². The van der Waals surface area contributed by atoms with Crippen LogP contribution in [-0.2, 0) is 10.4 Å². The van der Waals surface area contributed by atoms with Gasteiger partial charge in [0.2, 0.25) is 0 Å². The number of carbonyl (C=O) groups is 1. The van der Waals surface area contributed by atoms with Crippen LogP contribution in [0.5, 0.6) is 0 Å². The molecule has 7 heteroatoms. The predicted octanol–water partition coefficient (Wildman–Crippen LogP) is 2.46. The molecule has 6 nitrogen and oxygen atoms in total. The zero-order valence-electron chi connectivity index (χ0n) is 13.6. The fraction of sp³-hybridized carbons (Fsp3) is 0.471. The molecular weight excluding hydrogens is 328 g/mol. The number of piperidine rings is 1. The van der Waals surface area contributed by atoms with Crippen LogP contribution in [0, 0.1) is 0 Å². The Balaban J connectivity index is 1.73. The first-order chi connectivity index (χ1) is 11.5. The molecule has 1 aromatic carbocycles. The maximum absolute atomic E-state index is 13.0. The lowest BCUT2D eigenvalue weighted by Gasteiger charge is -2.37. The molecule has 2 aromatic rings. The van der Waals surface area contributed by atoms with Crippen molar-refractivity contribution in [2.45, 2.75) is 37.7 Å². The number of likely N-dealkylation sites (tertiary alicyclic amines) is 1. The van der Waals surface area contributed by atoms with Crippen LogP contribution in [0.2, 0.25) is 5.02 Å². The molecule has 1 unspecified atom stereocenters. The number of amides is 1. The smallest absolute Gasteiger partial charge is 0.259 e. The van der Waals surface area contributed by atoms with Gasteiger partial charge < -0.3 is 10.0 Å². The minimum Gasteiger partial charge on any atom is -0.375 e. The summed E-state index contributed by atoms with van der Waals surface area (Å²) in [6, 6.07) is 6.88. The third-order valence-corrected chi connectivity index (χ3v) is 5.01. The van der Waals surface area contributed by atoms with Gasteiger partial charge in [0.05, 0.1) is 0 Å². The Morgan fingerprint density at radius 1 is 1.46 bits per heavy atom. The Kier molecular flexibility index (Phi) is 4.87. The Morgan fingerprint density at radius 3 is 2.79 bits per heavy atom. The fourth-order valence-electron chi connectivity index (χ4n) is 3.25. The number of rotatable bonds is 4. The quantitative estimate of drug-likeness (QED) is 0.889. The van der Waals surface area contributed by atoms with E-state index in [-0.39, 0.29) is 11.8 Å². The number of halogens is 1. The number of hydrogen-bond acceptors (Lipinski definition) is 4. The van der Waals surface area contributed by atoms with E-state index < -0.39 is 5.60 Å². The molecule has 2 N–H and O–H groups in total. The van der Waals surface area contributed by atoms with Gasteiger partial charge in [-0.3, -0.25) is 9.89 Å². The van der Waals surface area contributed by atoms with E-state index in [4.69, 9.17) is 11.6 Å². The third kappa shape index (κ3) is 3.16. The summed E-state index contributed by atoms with van der Waals surface area (Å²) in [4.78, 5) is 18.9. The van der Waals surface area contributed by atoms with E-state index in [0.717, 1.165) is 18.7 Å². The lowest BCUT2D eigenvalue weighted by Crippen LogP contribution is -2.49. The highest BCUT2D eigenvalue weighted by molar-refractivity contribution is 6.30. The van der Waals surface area contributed by atoms with Crippen molar-refractivity contribution in [1.29, 1.82) is 0 Å². The van der Waals surface area contributed by atoms with E-state index >= 15 is 0 Å². The van der Waals surface area contributed by atoms with Crippen molar-refractivity contribution in [3.8, 4) is 0 Å². The molecule has 1 aromatic heterocycles. The standard InChI is InChI=1S/C17H21ClN4O2/c1-2-17(24,13-4-3-5-14(18)10-13)16(23)22-8-6-12(7-9-22)15-19-11-20-21-15/h3-5,10-12,24H,2,6-9H2,1H3,(H,19,20,21). The number of aromatic amines is 1. The largest absolute Gasteiger partial charge is 0.375 e. The second-order valence-electron chi connectivity index (χ2n) is 6.16. The first-order valence-corrected chi connectivity index (χ1v) is 8.55. The third-order valence-electron chi connectivity index (χ3n) is 4.77. The fourth-order valence-corrected chi connectivity index (χ4v) is 3.44. The molecule has 128 valence electrons. The summed E-state index contributed by atoms with van der Waals surface area (Å²) in [5.41, 5.74) is -0.996. The molecular formula is C17H21ClN4O2. The average molecular weight is 349 g/mol. The number of benzene rings is 1. The van der Waals surface area contributed by atoms with Crippen LogP contribution >= 0.6 is 11.6 Å². The number of H-pyrrole nitrogens is 1. The predicted molar refractivity (Wildman–Crippen MR) is 90.6 cm³/mol. The second-order valence-corrected chi connectivity index (χ2v) is 6.60. The highest BCUT2D eigenvalue weighted by Gasteiger charge is 2.40. The first-order valence-electron chi connectivity index (χ1n) is 8.17. The normalized spacial score (nSPS) is 18.4. The maximum Gasteiger partial charge on any atom is 0.259 e. The lowest BCUT2D eigenvalue weighted by molar-refractivity contribution is -0.154. The Hall–Kier alpha value is -1.92. The molecule has 24 heavy (non-hydrogen) atoms. The molecule has 2 heterocycles. The van der Waals surface area contributed by atoms with Crippen LogP contribution in [0.3, 0.4) is 0 Å². The van der Waals surface area contributed by atoms with E-state index in [1.54, 1.807) is 36.1 Å². The number of carbonyl (C=O) groups excluding carboxylic acids is 1. The summed E-state index contributed by atoms with van der Waals surface area (Å²) in [5.74, 6) is 0.878. The maximum atomic E-state index is 13.0. The van der Waals surface area contributed by atoms with Crippen LogP contribution in [0.25, 0.3) is 0 Å². The molecule has 1 amide bonds. The molecule has 0 saturated carbocycles. The van der Waals surface area contributed by atoms with Gasteiger partial charge in [0.15, 0.2) is 5.60 Å². The van der Waals surface area contributed by atoms with Crippen molar-refractivity contribution < 1.29 is 9.90 Å². The molecule has 0 bridgehead atoms. The zero-order chi connectivity index (χ0) is 17.2. The van der Waals surface area contributed by atoms with Crippen molar-refractivity contribution in [1.82, 2.24) is 20.1 Å². The van der Waals surface area contributed by atoms with Gasteiger partial charge in [0.25, 0.3) is 5.91 Å². The summed E-state index contributed by atoms with van der Waals surface area (Å²) >= 11 is 6.02. The van der Waals surface area contributed by atoms with Gasteiger partial charge in [0, 0.05) is 24.0 Å². The Morgan fingerprint density at radius 2 is 2.21 bits per heavy atom. The zero-order valence-corrected chi connectivity index (χ0v) is 14.3. The Bertz CT molecular complexity index is 698. The number of nitrogens with one attached hydrogen (secondary N) is 1. The first kappa shape index (κ1) is 16.9. The topological polar surface area (TPSA) is 82.1 Å². The molecule has 0 spiro atoms. The number of nitrogens with zero attached hydrogens (tertiary/aromatic N) is 3. The van der Waals surface area contributed by atoms with E-state index in [2.05, 4.69) is 15.2 Å². The summed E-state index contributed by atoms with van der Waals surface area (Å²) in [6.45, 7) is 2.99. The van der Waals surface area contributed by atoms with Crippen LogP contribution < -0.4 is 0 Å². The highest BCUT2D eigenvalue weighted by Crippen LogP contribution is 2.32.